The van der Waals surface area contributed by atoms with Crippen LogP contribution in [0.2, 0.25) is 0 Å². The zero-order chi connectivity index (χ0) is 20.1. The summed E-state index contributed by atoms with van der Waals surface area (Å²) in [5.41, 5.74) is 5.64. The Morgan fingerprint density at radius 2 is 2.00 bits per heavy atom. The lowest BCUT2D eigenvalue weighted by molar-refractivity contribution is -0.147. The second-order valence-corrected chi connectivity index (χ2v) is 6.68. The number of ether oxygens (including phenoxy) is 1. The predicted molar refractivity (Wildman–Crippen MR) is 103 cm³/mol. The largest absolute Gasteiger partial charge is 0.456 e. The maximum absolute atomic E-state index is 12.0. The molecule has 0 spiro atoms. The molecule has 0 fully saturated rings. The summed E-state index contributed by atoms with van der Waals surface area (Å²) >= 11 is 1.13. The van der Waals surface area contributed by atoms with Gasteiger partial charge < -0.3 is 20.8 Å². The number of nitrogens with one attached hydrogen (secondary N) is 2. The molecule has 0 radical (unpaired) electrons. The van der Waals surface area contributed by atoms with Crippen LogP contribution in [0.25, 0.3) is 10.9 Å². The Labute approximate surface area is 162 Å². The van der Waals surface area contributed by atoms with Gasteiger partial charge in [-0.3, -0.25) is 19.2 Å². The molecule has 0 aliphatic rings. The van der Waals surface area contributed by atoms with Crippen molar-refractivity contribution in [3.05, 3.63) is 57.5 Å². The highest BCUT2D eigenvalue weighted by molar-refractivity contribution is 7.14. The zero-order valence-corrected chi connectivity index (χ0v) is 15.4. The van der Waals surface area contributed by atoms with E-state index in [2.05, 4.69) is 15.3 Å². The summed E-state index contributed by atoms with van der Waals surface area (Å²) in [4.78, 5) is 53.8. The lowest BCUT2D eigenvalue weighted by Gasteiger charge is -2.06. The van der Waals surface area contributed by atoms with Crippen molar-refractivity contribution in [2.75, 3.05) is 11.9 Å². The lowest BCUT2D eigenvalue weighted by Crippen LogP contribution is -2.22. The number of hydrogen-bond donors (Lipinski definition) is 3. The van der Waals surface area contributed by atoms with Gasteiger partial charge in [-0.2, -0.15) is 0 Å². The van der Waals surface area contributed by atoms with Crippen LogP contribution in [0, 0.1) is 0 Å². The van der Waals surface area contributed by atoms with E-state index < -0.39 is 24.4 Å². The number of H-pyrrole nitrogens is 1. The minimum Gasteiger partial charge on any atom is -0.456 e. The number of carbonyl (C=O) groups excluding carboxylic acids is 3. The van der Waals surface area contributed by atoms with Gasteiger partial charge in [0, 0.05) is 6.42 Å². The number of fused-ring (bicyclic) bond motifs is 1. The van der Waals surface area contributed by atoms with E-state index in [1.54, 1.807) is 29.6 Å². The first-order valence-corrected chi connectivity index (χ1v) is 9.12. The molecule has 0 saturated heterocycles. The molecule has 0 unspecified atom stereocenters. The number of aromatic amines is 1. The molecule has 10 heteroatoms. The number of rotatable bonds is 7. The van der Waals surface area contributed by atoms with E-state index in [0.717, 1.165) is 11.3 Å². The molecule has 2 heterocycles. The summed E-state index contributed by atoms with van der Waals surface area (Å²) in [7, 11) is 0. The van der Waals surface area contributed by atoms with Gasteiger partial charge in [-0.1, -0.05) is 12.1 Å². The second-order valence-electron chi connectivity index (χ2n) is 5.77. The number of amides is 2. The smallest absolute Gasteiger partial charge is 0.306 e. The Morgan fingerprint density at radius 1 is 1.21 bits per heavy atom. The number of carbonyl (C=O) groups is 3. The molecule has 9 nitrogen and oxygen atoms in total. The first-order valence-electron chi connectivity index (χ1n) is 8.25. The number of nitrogens with zero attached hydrogens (tertiary/aromatic N) is 1. The molecule has 0 bridgehead atoms. The normalized spacial score (nSPS) is 10.6. The van der Waals surface area contributed by atoms with E-state index >= 15 is 0 Å². The van der Waals surface area contributed by atoms with E-state index in [0.29, 0.717) is 21.7 Å². The molecule has 4 N–H and O–H groups in total. The Hall–Kier alpha value is -3.53. The number of nitrogens with two attached hydrogens (primary N) is 1. The number of thiophene rings is 1. The van der Waals surface area contributed by atoms with Gasteiger partial charge in [0.15, 0.2) is 6.61 Å². The average molecular weight is 400 g/mol. The van der Waals surface area contributed by atoms with Crippen LogP contribution in [-0.4, -0.2) is 34.4 Å². The van der Waals surface area contributed by atoms with E-state index in [1.165, 1.54) is 6.07 Å². The minimum atomic E-state index is -0.662. The molecule has 3 rings (SSSR count). The van der Waals surface area contributed by atoms with Crippen molar-refractivity contribution >= 4 is 45.0 Å². The van der Waals surface area contributed by atoms with E-state index in [4.69, 9.17) is 10.5 Å². The van der Waals surface area contributed by atoms with Crippen LogP contribution in [0.3, 0.4) is 0 Å². The molecule has 0 aliphatic heterocycles. The number of aryl methyl sites for hydroxylation is 1. The van der Waals surface area contributed by atoms with Gasteiger partial charge in [0.05, 0.1) is 22.9 Å². The standard InChI is InChI=1S/C18H16N4O5S/c19-16(25)11-7-8-28-18(11)22-14(23)9-27-15(24)6-5-13-20-12-4-2-1-3-10(12)17(26)21-13/h1-4,7-8H,5-6,9H2,(H2,19,25)(H,22,23)(H,20,21,26). The maximum Gasteiger partial charge on any atom is 0.306 e. The highest BCUT2D eigenvalue weighted by atomic mass is 32.1. The molecule has 0 aliphatic carbocycles. The minimum absolute atomic E-state index is 0.0555. The van der Waals surface area contributed by atoms with Crippen LogP contribution in [0.1, 0.15) is 22.6 Å². The third-order valence-electron chi connectivity index (χ3n) is 3.78. The van der Waals surface area contributed by atoms with Crippen LogP contribution < -0.4 is 16.6 Å². The van der Waals surface area contributed by atoms with E-state index in [1.807, 2.05) is 0 Å². The lowest BCUT2D eigenvalue weighted by atomic mass is 10.2. The van der Waals surface area contributed by atoms with Crippen molar-refractivity contribution in [2.45, 2.75) is 12.8 Å². The van der Waals surface area contributed by atoms with Crippen molar-refractivity contribution < 1.29 is 19.1 Å². The molecule has 0 atom stereocenters. The average Bonchev–Trinajstić information content (AvgIpc) is 3.13. The maximum atomic E-state index is 12.0. The number of benzene rings is 1. The number of esters is 1. The Balaban J connectivity index is 1.51. The number of hydrogen-bond acceptors (Lipinski definition) is 7. The van der Waals surface area contributed by atoms with Gasteiger partial charge in [0.25, 0.3) is 17.4 Å². The molecular weight excluding hydrogens is 384 g/mol. The van der Waals surface area contributed by atoms with E-state index in [9.17, 15) is 19.2 Å². The first kappa shape index (κ1) is 19.2. The van der Waals surface area contributed by atoms with Gasteiger partial charge in [0.1, 0.15) is 10.8 Å². The monoisotopic (exact) mass is 400 g/mol. The van der Waals surface area contributed by atoms with Crippen molar-refractivity contribution in [3.8, 4) is 0 Å². The van der Waals surface area contributed by atoms with Gasteiger partial charge in [-0.05, 0) is 23.6 Å². The topological polar surface area (TPSA) is 144 Å². The fraction of sp³-hybridized carbons (Fsp3) is 0.167. The molecular formula is C18H16N4O5S. The second kappa shape index (κ2) is 8.44. The van der Waals surface area contributed by atoms with Crippen molar-refractivity contribution in [1.29, 1.82) is 0 Å². The molecule has 144 valence electrons. The molecule has 28 heavy (non-hydrogen) atoms. The van der Waals surface area contributed by atoms with Crippen molar-refractivity contribution in [3.63, 3.8) is 0 Å². The summed E-state index contributed by atoms with van der Waals surface area (Å²) in [6, 6.07) is 8.37. The van der Waals surface area contributed by atoms with Gasteiger partial charge in [-0.25, -0.2) is 4.98 Å². The summed E-state index contributed by atoms with van der Waals surface area (Å²) in [6.45, 7) is -0.503. The Bertz CT molecular complexity index is 1100. The summed E-state index contributed by atoms with van der Waals surface area (Å²) < 4.78 is 4.91. The summed E-state index contributed by atoms with van der Waals surface area (Å²) in [5, 5.41) is 4.85. The highest BCUT2D eigenvalue weighted by Crippen LogP contribution is 2.22. The summed E-state index contributed by atoms with van der Waals surface area (Å²) in [6.07, 6.45) is 0.109. The number of anilines is 1. The molecule has 1 aromatic carbocycles. The SMILES string of the molecule is NC(=O)c1ccsc1NC(=O)COC(=O)CCc1nc2ccccc2c(=O)[nH]1. The van der Waals surface area contributed by atoms with Crippen LogP contribution in [0.15, 0.2) is 40.5 Å². The summed E-state index contributed by atoms with van der Waals surface area (Å²) in [5.74, 6) is -1.51. The quantitative estimate of drug-likeness (QED) is 0.508. The van der Waals surface area contributed by atoms with Crippen molar-refractivity contribution in [2.24, 2.45) is 5.73 Å². The van der Waals surface area contributed by atoms with Crippen LogP contribution >= 0.6 is 11.3 Å². The van der Waals surface area contributed by atoms with Gasteiger partial charge in [-0.15, -0.1) is 11.3 Å². The zero-order valence-electron chi connectivity index (χ0n) is 14.6. The fourth-order valence-electron chi connectivity index (χ4n) is 2.45. The molecule has 2 aromatic heterocycles. The van der Waals surface area contributed by atoms with Crippen LogP contribution in [0.5, 0.6) is 0 Å². The predicted octanol–water partition coefficient (Wildman–Crippen LogP) is 1.20. The Morgan fingerprint density at radius 3 is 2.79 bits per heavy atom. The van der Waals surface area contributed by atoms with Crippen LogP contribution in [-0.2, 0) is 20.7 Å². The van der Waals surface area contributed by atoms with Gasteiger partial charge in [0.2, 0.25) is 0 Å². The first-order chi connectivity index (χ1) is 13.4. The number of aromatic nitrogens is 2. The molecule has 0 saturated carbocycles. The highest BCUT2D eigenvalue weighted by Gasteiger charge is 2.14. The number of primary amides is 1. The molecule has 2 amide bonds. The third-order valence-corrected chi connectivity index (χ3v) is 4.61. The Kier molecular flexibility index (Phi) is 5.80. The molecule has 3 aromatic rings. The van der Waals surface area contributed by atoms with E-state index in [-0.39, 0.29) is 24.0 Å². The third kappa shape index (κ3) is 4.60. The van der Waals surface area contributed by atoms with Crippen molar-refractivity contribution in [1.82, 2.24) is 9.97 Å². The fourth-order valence-corrected chi connectivity index (χ4v) is 3.26. The van der Waals surface area contributed by atoms with Crippen LogP contribution in [0.4, 0.5) is 5.00 Å². The number of para-hydroxylation sites is 1. The van der Waals surface area contributed by atoms with Gasteiger partial charge >= 0.3 is 5.97 Å².